The van der Waals surface area contributed by atoms with E-state index in [-0.39, 0.29) is 5.91 Å². The molecule has 1 atom stereocenters. The number of hydrogen-bond donors (Lipinski definition) is 1. The van der Waals surface area contributed by atoms with Crippen LogP contribution in [0.5, 0.6) is 5.88 Å². The van der Waals surface area contributed by atoms with Crippen LogP contribution in [0.1, 0.15) is 40.0 Å². The molecule has 1 N–H and O–H groups in total. The van der Waals surface area contributed by atoms with Crippen LogP contribution < -0.4 is 10.1 Å². The van der Waals surface area contributed by atoms with Gasteiger partial charge in [-0.1, -0.05) is 19.8 Å². The van der Waals surface area contributed by atoms with Gasteiger partial charge in [0.1, 0.15) is 5.60 Å². The molecule has 0 aliphatic carbocycles. The second kappa shape index (κ2) is 7.85. The summed E-state index contributed by atoms with van der Waals surface area (Å²) in [6.07, 6.45) is 4.25. The Morgan fingerprint density at radius 2 is 2.15 bits per heavy atom. The zero-order valence-corrected chi connectivity index (χ0v) is 12.7. The van der Waals surface area contributed by atoms with E-state index in [1.54, 1.807) is 25.4 Å². The summed E-state index contributed by atoms with van der Waals surface area (Å²) in [6.45, 7) is 6.33. The average Bonchev–Trinajstić information content (AvgIpc) is 2.46. The predicted octanol–water partition coefficient (Wildman–Crippen LogP) is 3.01. The van der Waals surface area contributed by atoms with Crippen molar-refractivity contribution < 1.29 is 14.3 Å². The molecule has 0 bridgehead atoms. The second-order valence-corrected chi connectivity index (χ2v) is 4.81. The Labute approximate surface area is 120 Å². The number of hydrogen-bond acceptors (Lipinski definition) is 4. The van der Waals surface area contributed by atoms with Crippen LogP contribution in [0.4, 0.5) is 5.69 Å². The predicted molar refractivity (Wildman–Crippen MR) is 79.0 cm³/mol. The first kappa shape index (κ1) is 16.4. The van der Waals surface area contributed by atoms with Crippen molar-refractivity contribution in [1.29, 1.82) is 0 Å². The minimum absolute atomic E-state index is 0.139. The molecule has 1 aromatic heterocycles. The van der Waals surface area contributed by atoms with E-state index in [2.05, 4.69) is 17.2 Å². The van der Waals surface area contributed by atoms with Crippen molar-refractivity contribution in [1.82, 2.24) is 4.98 Å². The molecule has 0 aromatic carbocycles. The third-order valence-electron chi connectivity index (χ3n) is 3.15. The summed E-state index contributed by atoms with van der Waals surface area (Å²) in [5.41, 5.74) is -0.164. The molecule has 5 heteroatoms. The fourth-order valence-corrected chi connectivity index (χ4v) is 1.92. The van der Waals surface area contributed by atoms with E-state index in [4.69, 9.17) is 9.47 Å². The molecule has 5 nitrogen and oxygen atoms in total. The van der Waals surface area contributed by atoms with Gasteiger partial charge in [0.05, 0.1) is 19.0 Å². The number of aromatic nitrogens is 1. The number of unbranched alkanes of at least 4 members (excludes halogenated alkanes) is 1. The molecule has 1 rings (SSSR count). The van der Waals surface area contributed by atoms with Gasteiger partial charge < -0.3 is 14.8 Å². The van der Waals surface area contributed by atoms with E-state index < -0.39 is 5.60 Å². The van der Waals surface area contributed by atoms with E-state index in [9.17, 15) is 4.79 Å². The Balaban J connectivity index is 2.73. The molecular formula is C15H24N2O3. The first-order valence-corrected chi connectivity index (χ1v) is 7.01. The minimum Gasteiger partial charge on any atom is -0.481 e. The van der Waals surface area contributed by atoms with Crippen LogP contribution in [0.2, 0.25) is 0 Å². The van der Waals surface area contributed by atoms with Gasteiger partial charge in [-0.25, -0.2) is 4.98 Å². The standard InChI is InChI=1S/C15H24N2O3/c1-5-7-10-15(3,20-6-2)14(18)17-12-8-9-13(19-4)16-11-12/h8-9,11H,5-7,10H2,1-4H3,(H,17,18)/t15-/m1/s1. The van der Waals surface area contributed by atoms with E-state index >= 15 is 0 Å². The lowest BCUT2D eigenvalue weighted by Gasteiger charge is -2.28. The lowest BCUT2D eigenvalue weighted by molar-refractivity contribution is -0.139. The average molecular weight is 280 g/mol. The van der Waals surface area contributed by atoms with Crippen LogP contribution in [0.25, 0.3) is 0 Å². The summed E-state index contributed by atoms with van der Waals surface area (Å²) in [4.78, 5) is 16.5. The van der Waals surface area contributed by atoms with Gasteiger partial charge in [0.2, 0.25) is 5.88 Å². The third kappa shape index (κ3) is 4.49. The molecule has 1 aromatic rings. The number of rotatable bonds is 8. The van der Waals surface area contributed by atoms with Crippen molar-refractivity contribution >= 4 is 11.6 Å². The van der Waals surface area contributed by atoms with E-state index in [0.717, 1.165) is 12.8 Å². The summed E-state index contributed by atoms with van der Waals surface area (Å²) >= 11 is 0. The maximum absolute atomic E-state index is 12.4. The van der Waals surface area contributed by atoms with Gasteiger partial charge in [0.25, 0.3) is 5.91 Å². The number of pyridine rings is 1. The molecule has 112 valence electrons. The fraction of sp³-hybridized carbons (Fsp3) is 0.600. The summed E-state index contributed by atoms with van der Waals surface area (Å²) in [5.74, 6) is 0.376. The number of nitrogens with one attached hydrogen (secondary N) is 1. The highest BCUT2D eigenvalue weighted by Gasteiger charge is 2.33. The van der Waals surface area contributed by atoms with Crippen molar-refractivity contribution in [3.05, 3.63) is 18.3 Å². The summed E-state index contributed by atoms with van der Waals surface area (Å²) in [5, 5.41) is 2.85. The highest BCUT2D eigenvalue weighted by molar-refractivity contribution is 5.96. The molecule has 0 spiro atoms. The molecule has 0 unspecified atom stereocenters. The number of methoxy groups -OCH3 is 1. The molecule has 0 fully saturated rings. The number of ether oxygens (including phenoxy) is 2. The SMILES string of the molecule is CCCC[C@@](C)(OCC)C(=O)Nc1ccc(OC)nc1. The largest absolute Gasteiger partial charge is 0.481 e. The Hall–Kier alpha value is -1.62. The van der Waals surface area contributed by atoms with Crippen LogP contribution in [0.3, 0.4) is 0 Å². The van der Waals surface area contributed by atoms with E-state index in [0.29, 0.717) is 24.6 Å². The smallest absolute Gasteiger partial charge is 0.256 e. The minimum atomic E-state index is -0.801. The normalized spacial score (nSPS) is 13.6. The topological polar surface area (TPSA) is 60.5 Å². The van der Waals surface area contributed by atoms with Crippen LogP contribution in [0, 0.1) is 0 Å². The summed E-state index contributed by atoms with van der Waals surface area (Å²) in [7, 11) is 1.55. The van der Waals surface area contributed by atoms with Crippen LogP contribution >= 0.6 is 0 Å². The van der Waals surface area contributed by atoms with Crippen molar-refractivity contribution in [3.63, 3.8) is 0 Å². The van der Waals surface area contributed by atoms with Gasteiger partial charge in [-0.15, -0.1) is 0 Å². The Bertz CT molecular complexity index is 420. The number of carbonyl (C=O) groups is 1. The zero-order valence-electron chi connectivity index (χ0n) is 12.7. The van der Waals surface area contributed by atoms with Gasteiger partial charge in [0.15, 0.2) is 0 Å². The second-order valence-electron chi connectivity index (χ2n) is 4.81. The molecule has 1 heterocycles. The van der Waals surface area contributed by atoms with Gasteiger partial charge in [-0.2, -0.15) is 0 Å². The Kier molecular flexibility index (Phi) is 6.45. The van der Waals surface area contributed by atoms with Crippen LogP contribution in [0.15, 0.2) is 18.3 Å². The van der Waals surface area contributed by atoms with Crippen molar-refractivity contribution in [2.24, 2.45) is 0 Å². The maximum Gasteiger partial charge on any atom is 0.256 e. The van der Waals surface area contributed by atoms with Crippen LogP contribution in [-0.4, -0.2) is 30.2 Å². The van der Waals surface area contributed by atoms with Crippen molar-refractivity contribution in [2.45, 2.75) is 45.6 Å². The van der Waals surface area contributed by atoms with Crippen molar-refractivity contribution in [3.8, 4) is 5.88 Å². The van der Waals surface area contributed by atoms with Gasteiger partial charge >= 0.3 is 0 Å². The molecular weight excluding hydrogens is 256 g/mol. The molecule has 0 radical (unpaired) electrons. The van der Waals surface area contributed by atoms with Crippen molar-refractivity contribution in [2.75, 3.05) is 19.0 Å². The Morgan fingerprint density at radius 3 is 2.65 bits per heavy atom. The maximum atomic E-state index is 12.4. The quantitative estimate of drug-likeness (QED) is 0.795. The summed E-state index contributed by atoms with van der Waals surface area (Å²) in [6, 6.07) is 3.47. The van der Waals surface area contributed by atoms with Crippen LogP contribution in [-0.2, 0) is 9.53 Å². The number of nitrogens with zero attached hydrogens (tertiary/aromatic N) is 1. The lowest BCUT2D eigenvalue weighted by atomic mass is 9.97. The van der Waals surface area contributed by atoms with Gasteiger partial charge in [0, 0.05) is 12.7 Å². The van der Waals surface area contributed by atoms with E-state index in [1.807, 2.05) is 13.8 Å². The molecule has 1 amide bonds. The van der Waals surface area contributed by atoms with E-state index in [1.165, 1.54) is 0 Å². The third-order valence-corrected chi connectivity index (χ3v) is 3.15. The first-order valence-electron chi connectivity index (χ1n) is 7.01. The number of carbonyl (C=O) groups excluding carboxylic acids is 1. The molecule has 0 aliphatic heterocycles. The van der Waals surface area contributed by atoms with Gasteiger partial charge in [-0.3, -0.25) is 4.79 Å². The number of amides is 1. The highest BCUT2D eigenvalue weighted by atomic mass is 16.5. The first-order chi connectivity index (χ1) is 9.55. The Morgan fingerprint density at radius 1 is 1.40 bits per heavy atom. The fourth-order valence-electron chi connectivity index (χ4n) is 1.92. The number of anilines is 1. The molecule has 0 saturated carbocycles. The monoisotopic (exact) mass is 280 g/mol. The lowest BCUT2D eigenvalue weighted by Crippen LogP contribution is -2.42. The molecule has 0 saturated heterocycles. The molecule has 0 aliphatic rings. The highest BCUT2D eigenvalue weighted by Crippen LogP contribution is 2.22. The van der Waals surface area contributed by atoms with Gasteiger partial charge in [-0.05, 0) is 26.3 Å². The molecule has 20 heavy (non-hydrogen) atoms. The zero-order chi connectivity index (χ0) is 15.0. The summed E-state index contributed by atoms with van der Waals surface area (Å²) < 4.78 is 10.6.